The smallest absolute Gasteiger partial charge is 0.300 e. The van der Waals surface area contributed by atoms with E-state index in [0.29, 0.717) is 0 Å². The van der Waals surface area contributed by atoms with E-state index >= 15 is 0 Å². The average Bonchev–Trinajstić information content (AvgIpc) is 2.20. The van der Waals surface area contributed by atoms with Gasteiger partial charge >= 0.3 is 0 Å². The van der Waals surface area contributed by atoms with Gasteiger partial charge in [-0.05, 0) is 19.4 Å². The molecule has 1 unspecified atom stereocenters. The van der Waals surface area contributed by atoms with Gasteiger partial charge in [-0.25, -0.2) is 0 Å². The summed E-state index contributed by atoms with van der Waals surface area (Å²) in [7, 11) is -4.66. The van der Waals surface area contributed by atoms with Gasteiger partial charge in [-0.1, -0.05) is 0 Å². The summed E-state index contributed by atoms with van der Waals surface area (Å²) in [6, 6.07) is 0.483. The zero-order valence-corrected chi connectivity index (χ0v) is 12.1. The minimum absolute atomic E-state index is 0.0570. The predicted octanol–water partition coefficient (Wildman–Crippen LogP) is -0.366. The summed E-state index contributed by atoms with van der Waals surface area (Å²) in [5.41, 5.74) is -0.692. The number of carbonyl (C=O) groups is 1. The van der Waals surface area contributed by atoms with E-state index in [4.69, 9.17) is 4.55 Å². The summed E-state index contributed by atoms with van der Waals surface area (Å²) in [6.07, 6.45) is 0. The number of pyridine rings is 1. The number of carbonyl (C=O) groups excluding carboxylic acids is 1. The maximum atomic E-state index is 11.8. The van der Waals surface area contributed by atoms with Crippen LogP contribution in [-0.4, -0.2) is 34.6 Å². The lowest BCUT2D eigenvalue weighted by Crippen LogP contribution is -2.37. The van der Waals surface area contributed by atoms with Crippen LogP contribution in [0.3, 0.4) is 0 Å². The molecule has 8 nitrogen and oxygen atoms in total. The van der Waals surface area contributed by atoms with E-state index < -0.39 is 32.5 Å². The molecule has 0 aromatic carbocycles. The number of aromatic hydroxyl groups is 1. The van der Waals surface area contributed by atoms with Gasteiger partial charge in [-0.15, -0.1) is 0 Å². The SMILES string of the molecule is CC(=O)NC(C)Cn1c(O)c(S(=O)(=O)O)c(C)cc1=O. The van der Waals surface area contributed by atoms with Gasteiger partial charge in [0, 0.05) is 25.6 Å². The number of nitrogens with zero attached hydrogens (tertiary/aromatic N) is 1. The molecule has 0 radical (unpaired) electrons. The molecule has 0 aliphatic heterocycles. The van der Waals surface area contributed by atoms with Crippen LogP contribution in [0, 0.1) is 6.92 Å². The summed E-state index contributed by atoms with van der Waals surface area (Å²) in [4.78, 5) is 22.0. The highest BCUT2D eigenvalue weighted by atomic mass is 32.2. The largest absolute Gasteiger partial charge is 0.493 e. The summed E-state index contributed by atoms with van der Waals surface area (Å²) in [5, 5.41) is 12.4. The third-order valence-electron chi connectivity index (χ3n) is 2.59. The number of amides is 1. The van der Waals surface area contributed by atoms with E-state index in [2.05, 4.69) is 5.32 Å². The number of aryl methyl sites for hydroxylation is 1. The quantitative estimate of drug-likeness (QED) is 0.652. The molecular formula is C11H16N2O6S. The number of rotatable bonds is 4. The highest BCUT2D eigenvalue weighted by Gasteiger charge is 2.23. The maximum Gasteiger partial charge on any atom is 0.300 e. The van der Waals surface area contributed by atoms with Crippen molar-refractivity contribution in [2.24, 2.45) is 0 Å². The van der Waals surface area contributed by atoms with Crippen molar-refractivity contribution in [3.8, 4) is 5.88 Å². The fourth-order valence-corrected chi connectivity index (χ4v) is 2.70. The van der Waals surface area contributed by atoms with Crippen LogP contribution in [-0.2, 0) is 21.5 Å². The van der Waals surface area contributed by atoms with Gasteiger partial charge in [0.1, 0.15) is 0 Å². The fourth-order valence-electron chi connectivity index (χ4n) is 1.89. The normalized spacial score (nSPS) is 13.0. The van der Waals surface area contributed by atoms with E-state index in [0.717, 1.165) is 10.6 Å². The van der Waals surface area contributed by atoms with Crippen LogP contribution in [0.2, 0.25) is 0 Å². The molecule has 0 bridgehead atoms. The van der Waals surface area contributed by atoms with Crippen molar-refractivity contribution in [1.82, 2.24) is 9.88 Å². The Morgan fingerprint density at radius 2 is 2.05 bits per heavy atom. The van der Waals surface area contributed by atoms with Crippen molar-refractivity contribution in [3.05, 3.63) is 22.0 Å². The summed E-state index contributed by atoms with van der Waals surface area (Å²) in [6.45, 7) is 4.02. The van der Waals surface area contributed by atoms with Gasteiger partial charge in [-0.2, -0.15) is 8.42 Å². The van der Waals surface area contributed by atoms with Crippen LogP contribution < -0.4 is 10.9 Å². The zero-order chi connectivity index (χ0) is 15.7. The van der Waals surface area contributed by atoms with E-state index in [1.807, 2.05) is 0 Å². The summed E-state index contributed by atoms with van der Waals surface area (Å²) >= 11 is 0. The Balaban J connectivity index is 3.35. The van der Waals surface area contributed by atoms with E-state index in [9.17, 15) is 23.1 Å². The van der Waals surface area contributed by atoms with Crippen LogP contribution in [0.5, 0.6) is 5.88 Å². The summed E-state index contributed by atoms with van der Waals surface area (Å²) < 4.78 is 32.3. The predicted molar refractivity (Wildman–Crippen MR) is 70.2 cm³/mol. The zero-order valence-electron chi connectivity index (χ0n) is 11.2. The first-order valence-electron chi connectivity index (χ1n) is 5.72. The average molecular weight is 304 g/mol. The van der Waals surface area contributed by atoms with Crippen molar-refractivity contribution in [2.45, 2.75) is 38.3 Å². The molecule has 0 spiro atoms. The standard InChI is InChI=1S/C11H16N2O6S/c1-6-4-9(15)13(5-7(2)12-8(3)14)11(16)10(6)20(17,18)19/h4,7,16H,5H2,1-3H3,(H,12,14)(H,17,18,19). The highest BCUT2D eigenvalue weighted by Crippen LogP contribution is 2.24. The van der Waals surface area contributed by atoms with Gasteiger partial charge in [0.25, 0.3) is 15.7 Å². The Hall–Kier alpha value is -1.87. The first-order chi connectivity index (χ1) is 9.04. The Labute approximate surface area is 115 Å². The number of nitrogens with one attached hydrogen (secondary N) is 1. The molecule has 1 aromatic rings. The molecule has 1 rings (SSSR count). The molecule has 0 saturated carbocycles. The van der Waals surface area contributed by atoms with Crippen molar-refractivity contribution >= 4 is 16.0 Å². The van der Waals surface area contributed by atoms with Crippen molar-refractivity contribution in [2.75, 3.05) is 0 Å². The molecule has 112 valence electrons. The van der Waals surface area contributed by atoms with Crippen molar-refractivity contribution in [3.63, 3.8) is 0 Å². The van der Waals surface area contributed by atoms with Gasteiger partial charge in [-0.3, -0.25) is 18.7 Å². The third kappa shape index (κ3) is 3.58. The Kier molecular flexibility index (Phi) is 4.56. The van der Waals surface area contributed by atoms with E-state index in [-0.39, 0.29) is 18.0 Å². The Bertz CT molecular complexity index is 692. The number of hydrogen-bond donors (Lipinski definition) is 3. The molecule has 1 heterocycles. The highest BCUT2D eigenvalue weighted by molar-refractivity contribution is 7.86. The number of hydrogen-bond acceptors (Lipinski definition) is 5. The lowest BCUT2D eigenvalue weighted by molar-refractivity contribution is -0.119. The molecule has 1 amide bonds. The second-order valence-electron chi connectivity index (χ2n) is 4.51. The van der Waals surface area contributed by atoms with E-state index in [1.165, 1.54) is 13.8 Å². The van der Waals surface area contributed by atoms with Crippen LogP contribution >= 0.6 is 0 Å². The molecule has 0 fully saturated rings. The molecule has 0 aliphatic rings. The van der Waals surface area contributed by atoms with Gasteiger partial charge in [0.15, 0.2) is 4.90 Å². The van der Waals surface area contributed by atoms with Crippen molar-refractivity contribution < 1.29 is 22.9 Å². The Morgan fingerprint density at radius 1 is 1.50 bits per heavy atom. The van der Waals surface area contributed by atoms with Gasteiger partial charge in [0.05, 0.1) is 0 Å². The molecule has 0 saturated heterocycles. The first-order valence-corrected chi connectivity index (χ1v) is 7.16. The van der Waals surface area contributed by atoms with Crippen molar-refractivity contribution in [1.29, 1.82) is 0 Å². The minimum Gasteiger partial charge on any atom is -0.493 e. The van der Waals surface area contributed by atoms with Gasteiger partial charge < -0.3 is 10.4 Å². The molecule has 3 N–H and O–H groups in total. The Morgan fingerprint density at radius 3 is 2.50 bits per heavy atom. The topological polar surface area (TPSA) is 126 Å². The van der Waals surface area contributed by atoms with Crippen LogP contribution in [0.15, 0.2) is 15.8 Å². The minimum atomic E-state index is -4.66. The molecule has 0 aliphatic carbocycles. The van der Waals surface area contributed by atoms with Gasteiger partial charge in [0.2, 0.25) is 11.8 Å². The molecular weight excluding hydrogens is 288 g/mol. The van der Waals surface area contributed by atoms with Crippen LogP contribution in [0.25, 0.3) is 0 Å². The second-order valence-corrected chi connectivity index (χ2v) is 5.86. The monoisotopic (exact) mass is 304 g/mol. The van der Waals surface area contributed by atoms with E-state index in [1.54, 1.807) is 6.92 Å². The first kappa shape index (κ1) is 16.2. The molecule has 1 atom stereocenters. The summed E-state index contributed by atoms with van der Waals surface area (Å²) in [5.74, 6) is -1.18. The molecule has 9 heteroatoms. The third-order valence-corrected chi connectivity index (χ3v) is 3.61. The fraction of sp³-hybridized carbons (Fsp3) is 0.455. The van der Waals surface area contributed by atoms with Crippen LogP contribution in [0.4, 0.5) is 0 Å². The lowest BCUT2D eigenvalue weighted by Gasteiger charge is -2.17. The number of aromatic nitrogens is 1. The molecule has 1 aromatic heterocycles. The molecule has 20 heavy (non-hydrogen) atoms. The maximum absolute atomic E-state index is 11.8. The van der Waals surface area contributed by atoms with Crippen LogP contribution in [0.1, 0.15) is 19.4 Å². The lowest BCUT2D eigenvalue weighted by atomic mass is 10.2. The second kappa shape index (κ2) is 5.63.